The van der Waals surface area contributed by atoms with E-state index in [9.17, 15) is 0 Å². The van der Waals surface area contributed by atoms with Crippen molar-refractivity contribution < 1.29 is 20.0 Å². The fraction of sp³-hybridized carbons (Fsp3) is 0.350. The summed E-state index contributed by atoms with van der Waals surface area (Å²) in [6.07, 6.45) is 0. The Morgan fingerprint density at radius 3 is 1.92 bits per heavy atom. The van der Waals surface area contributed by atoms with E-state index in [-0.39, 0.29) is 0 Å². The molecular weight excluding hydrogens is 501 g/mol. The van der Waals surface area contributed by atoms with Crippen molar-refractivity contribution in [3.63, 3.8) is 0 Å². The SMILES string of the molecule is CC(C)c1cccc(C(C)C)c1N1[C]c2ccccc2N1C.[Cl][Au]. The summed E-state index contributed by atoms with van der Waals surface area (Å²) in [7, 11) is 6.69. The van der Waals surface area contributed by atoms with Gasteiger partial charge in [-0.25, -0.2) is 0 Å². The van der Waals surface area contributed by atoms with Crippen molar-refractivity contribution in [2.45, 2.75) is 39.5 Å². The topological polar surface area (TPSA) is 6.48 Å². The zero-order chi connectivity index (χ0) is 17.9. The van der Waals surface area contributed by atoms with Crippen LogP contribution in [0.5, 0.6) is 0 Å². The van der Waals surface area contributed by atoms with Gasteiger partial charge >= 0.3 is 29.2 Å². The second-order valence-corrected chi connectivity index (χ2v) is 6.56. The minimum absolute atomic E-state index is 0.479. The second kappa shape index (κ2) is 8.44. The number of nitrogens with zero attached hydrogens (tertiary/aromatic N) is 2. The molecule has 0 amide bonds. The molecule has 1 aliphatic rings. The number of rotatable bonds is 3. The number of fused-ring (bicyclic) bond motifs is 1. The average Bonchev–Trinajstić information content (AvgIpc) is 2.93. The van der Waals surface area contributed by atoms with Crippen LogP contribution in [0.2, 0.25) is 0 Å². The molecule has 1 aliphatic heterocycles. The van der Waals surface area contributed by atoms with Crippen LogP contribution in [0, 0.1) is 6.54 Å². The van der Waals surface area contributed by atoms with E-state index in [1.54, 1.807) is 20.0 Å². The zero-order valence-electron chi connectivity index (χ0n) is 14.8. The number of anilines is 2. The van der Waals surface area contributed by atoms with E-state index in [0.29, 0.717) is 11.8 Å². The van der Waals surface area contributed by atoms with Crippen LogP contribution in [0.1, 0.15) is 56.2 Å². The van der Waals surface area contributed by atoms with E-state index in [1.807, 2.05) is 0 Å². The van der Waals surface area contributed by atoms with Crippen molar-refractivity contribution in [2.24, 2.45) is 0 Å². The Morgan fingerprint density at radius 2 is 1.42 bits per heavy atom. The van der Waals surface area contributed by atoms with Gasteiger partial charge in [0.25, 0.3) is 0 Å². The van der Waals surface area contributed by atoms with Crippen LogP contribution in [-0.2, 0) is 20.0 Å². The number of hydrazine groups is 1. The Morgan fingerprint density at radius 1 is 0.875 bits per heavy atom. The molecule has 1 heterocycles. The van der Waals surface area contributed by atoms with Crippen LogP contribution in [0.4, 0.5) is 11.4 Å². The summed E-state index contributed by atoms with van der Waals surface area (Å²) in [5.41, 5.74) is 6.39. The quantitative estimate of drug-likeness (QED) is 0.463. The molecule has 132 valence electrons. The van der Waals surface area contributed by atoms with Crippen molar-refractivity contribution in [1.29, 1.82) is 0 Å². The summed E-state index contributed by atoms with van der Waals surface area (Å²) in [5, 5.41) is 4.39. The first kappa shape index (κ1) is 19.4. The van der Waals surface area contributed by atoms with Crippen LogP contribution in [0.15, 0.2) is 42.5 Å². The third kappa shape index (κ3) is 3.67. The molecule has 2 aromatic carbocycles. The minimum atomic E-state index is 0.479. The van der Waals surface area contributed by atoms with Gasteiger partial charge in [-0.15, -0.1) is 0 Å². The maximum atomic E-state index is 4.58. The van der Waals surface area contributed by atoms with Crippen molar-refractivity contribution in [3.8, 4) is 0 Å². The molecule has 0 bridgehead atoms. The molecule has 0 unspecified atom stereocenters. The van der Waals surface area contributed by atoms with Crippen molar-refractivity contribution >= 4 is 20.6 Å². The van der Waals surface area contributed by atoms with Gasteiger partial charge in [0, 0.05) is 12.6 Å². The standard InChI is InChI=1S/C20H24N2.Au.ClH/c1-14(2)17-10-8-11-18(15(3)4)20(17)22-13-16-9-6-7-12-19(16)21(22)5;;/h6-12,14-15H,1-5H3;;1H/q;+1;/p-1. The third-order valence-corrected chi connectivity index (χ3v) is 4.33. The third-order valence-electron chi connectivity index (χ3n) is 4.33. The first-order valence-electron chi connectivity index (χ1n) is 8.14. The van der Waals surface area contributed by atoms with E-state index in [2.05, 4.69) is 103 Å². The Bertz CT molecular complexity index is 659. The zero-order valence-corrected chi connectivity index (χ0v) is 17.7. The van der Waals surface area contributed by atoms with Gasteiger partial charge in [0.2, 0.25) is 0 Å². The molecule has 24 heavy (non-hydrogen) atoms. The number of para-hydroxylation sites is 2. The molecule has 4 heteroatoms. The molecule has 2 nitrogen and oxygen atoms in total. The summed E-state index contributed by atoms with van der Waals surface area (Å²) in [4.78, 5) is 0. The summed E-state index contributed by atoms with van der Waals surface area (Å²) >= 11 is 1.75. The molecule has 0 spiro atoms. The van der Waals surface area contributed by atoms with Gasteiger partial charge in [-0.05, 0) is 29.0 Å². The van der Waals surface area contributed by atoms with Crippen LogP contribution in [0.25, 0.3) is 0 Å². The van der Waals surface area contributed by atoms with Gasteiger partial charge in [0.1, 0.15) is 0 Å². The van der Waals surface area contributed by atoms with Gasteiger partial charge in [0.05, 0.1) is 11.4 Å². The fourth-order valence-corrected chi connectivity index (χ4v) is 3.11. The number of hydrogen-bond acceptors (Lipinski definition) is 2. The van der Waals surface area contributed by atoms with Gasteiger partial charge < -0.3 is 0 Å². The second-order valence-electron chi connectivity index (χ2n) is 6.56. The summed E-state index contributed by atoms with van der Waals surface area (Å²) in [5.74, 6) is 0.959. The molecular formula is C20H24AuClN2. The van der Waals surface area contributed by atoms with Crippen LogP contribution < -0.4 is 10.0 Å². The van der Waals surface area contributed by atoms with Crippen LogP contribution in [-0.4, -0.2) is 7.05 Å². The summed E-state index contributed by atoms with van der Waals surface area (Å²) in [6, 6.07) is 15.1. The van der Waals surface area contributed by atoms with E-state index >= 15 is 0 Å². The predicted molar refractivity (Wildman–Crippen MR) is 100 cm³/mol. The van der Waals surface area contributed by atoms with Crippen LogP contribution >= 0.6 is 9.19 Å². The fourth-order valence-electron chi connectivity index (χ4n) is 3.11. The van der Waals surface area contributed by atoms with Gasteiger partial charge in [0.15, 0.2) is 6.54 Å². The molecule has 0 saturated carbocycles. The molecule has 2 aromatic rings. The Labute approximate surface area is 162 Å². The molecule has 0 N–H and O–H groups in total. The van der Waals surface area contributed by atoms with Gasteiger partial charge in [-0.1, -0.05) is 64.1 Å². The molecule has 0 fully saturated rings. The summed E-state index contributed by atoms with van der Waals surface area (Å²) < 4.78 is 0. The van der Waals surface area contributed by atoms with E-state index in [1.165, 1.54) is 22.5 Å². The van der Waals surface area contributed by atoms with Crippen LogP contribution in [0.3, 0.4) is 0 Å². The molecule has 2 radical (unpaired) electrons. The molecule has 0 atom stereocenters. The Hall–Kier alpha value is -0.930. The summed E-state index contributed by atoms with van der Waals surface area (Å²) in [6.45, 7) is 12.6. The molecule has 0 saturated heterocycles. The average molecular weight is 525 g/mol. The first-order chi connectivity index (χ1) is 11.5. The van der Waals surface area contributed by atoms with Crippen molar-refractivity contribution in [1.82, 2.24) is 0 Å². The monoisotopic (exact) mass is 524 g/mol. The Balaban J connectivity index is 0.00000100. The number of hydrogen-bond donors (Lipinski definition) is 0. The van der Waals surface area contributed by atoms with E-state index in [0.717, 1.165) is 5.56 Å². The first-order valence-corrected chi connectivity index (χ1v) is 10.8. The number of benzene rings is 2. The normalized spacial score (nSPS) is 13.2. The predicted octanol–water partition coefficient (Wildman–Crippen LogP) is 5.88. The van der Waals surface area contributed by atoms with Gasteiger partial charge in [-0.2, -0.15) is 0 Å². The van der Waals surface area contributed by atoms with E-state index in [4.69, 9.17) is 0 Å². The molecule has 0 aromatic heterocycles. The van der Waals surface area contributed by atoms with Crippen molar-refractivity contribution in [3.05, 3.63) is 65.7 Å². The van der Waals surface area contributed by atoms with Gasteiger partial charge in [-0.3, -0.25) is 10.0 Å². The maximum absolute atomic E-state index is 4.58. The Kier molecular flexibility index (Phi) is 6.82. The number of halogens is 1. The molecule has 0 aliphatic carbocycles. The van der Waals surface area contributed by atoms with E-state index < -0.39 is 0 Å². The van der Waals surface area contributed by atoms with Crippen molar-refractivity contribution in [2.75, 3.05) is 17.1 Å². The molecule has 3 rings (SSSR count).